The Hall–Kier alpha value is -0.890. The van der Waals surface area contributed by atoms with E-state index in [0.717, 1.165) is 5.13 Å². The summed E-state index contributed by atoms with van der Waals surface area (Å²) in [5.41, 5.74) is 1.63. The van der Waals surface area contributed by atoms with Crippen LogP contribution in [0.15, 0.2) is 5.51 Å². The number of halogens is 3. The summed E-state index contributed by atoms with van der Waals surface area (Å²) in [6.45, 7) is 0.129. The van der Waals surface area contributed by atoms with Crippen LogP contribution in [0.2, 0.25) is 0 Å². The molecule has 0 spiro atoms. The fourth-order valence-electron chi connectivity index (χ4n) is 1.90. The van der Waals surface area contributed by atoms with E-state index in [4.69, 9.17) is 0 Å². The second-order valence-electron chi connectivity index (χ2n) is 4.05. The van der Waals surface area contributed by atoms with Crippen molar-refractivity contribution in [1.29, 1.82) is 0 Å². The molecule has 0 amide bonds. The Labute approximate surface area is 101 Å². The number of piperidine rings is 1. The summed E-state index contributed by atoms with van der Waals surface area (Å²) in [4.78, 5) is 1.44. The fourth-order valence-corrected chi connectivity index (χ4v) is 2.42. The van der Waals surface area contributed by atoms with Gasteiger partial charge in [0.2, 0.25) is 5.13 Å². The third kappa shape index (κ3) is 4.12. The number of rotatable bonds is 3. The Balaban J connectivity index is 1.74. The topological polar surface area (TPSA) is 41.0 Å². The van der Waals surface area contributed by atoms with Crippen molar-refractivity contribution in [3.05, 3.63) is 5.51 Å². The van der Waals surface area contributed by atoms with E-state index in [0.29, 0.717) is 25.9 Å². The normalized spacial score (nSPS) is 19.5. The Kier molecular flexibility index (Phi) is 3.82. The molecule has 1 saturated heterocycles. The first-order chi connectivity index (χ1) is 8.03. The van der Waals surface area contributed by atoms with Crippen LogP contribution in [0.3, 0.4) is 0 Å². The first-order valence-electron chi connectivity index (χ1n) is 5.35. The average Bonchev–Trinajstić information content (AvgIpc) is 2.71. The van der Waals surface area contributed by atoms with Gasteiger partial charge in [0.05, 0.1) is 6.54 Å². The van der Waals surface area contributed by atoms with Crippen LogP contribution in [0, 0.1) is 0 Å². The maximum absolute atomic E-state index is 12.2. The van der Waals surface area contributed by atoms with E-state index in [2.05, 4.69) is 15.5 Å². The summed E-state index contributed by atoms with van der Waals surface area (Å²) in [6, 6.07) is 0.201. The van der Waals surface area contributed by atoms with Crippen molar-refractivity contribution in [1.82, 2.24) is 15.1 Å². The quantitative estimate of drug-likeness (QED) is 0.908. The van der Waals surface area contributed by atoms with Gasteiger partial charge in [-0.05, 0) is 12.8 Å². The molecule has 1 aliphatic rings. The van der Waals surface area contributed by atoms with Crippen LogP contribution < -0.4 is 5.32 Å². The molecule has 2 rings (SSSR count). The van der Waals surface area contributed by atoms with Gasteiger partial charge in [0.25, 0.3) is 0 Å². The molecule has 17 heavy (non-hydrogen) atoms. The fraction of sp³-hybridized carbons (Fsp3) is 0.778. The molecule has 0 aliphatic carbocycles. The summed E-state index contributed by atoms with van der Waals surface area (Å²) in [7, 11) is 0. The predicted octanol–water partition coefficient (Wildman–Crippen LogP) is 1.98. The number of anilines is 1. The number of nitrogens with one attached hydrogen (secondary N) is 1. The van der Waals surface area contributed by atoms with Crippen molar-refractivity contribution in [2.75, 3.05) is 25.0 Å². The van der Waals surface area contributed by atoms with Crippen molar-refractivity contribution in [2.24, 2.45) is 0 Å². The minimum Gasteiger partial charge on any atom is -0.357 e. The van der Waals surface area contributed by atoms with Gasteiger partial charge in [-0.25, -0.2) is 0 Å². The molecular formula is C9H13F3N4S. The molecule has 1 N–H and O–H groups in total. The van der Waals surface area contributed by atoms with E-state index in [1.165, 1.54) is 16.2 Å². The smallest absolute Gasteiger partial charge is 0.357 e. The van der Waals surface area contributed by atoms with Gasteiger partial charge >= 0.3 is 6.18 Å². The summed E-state index contributed by atoms with van der Waals surface area (Å²) >= 11 is 1.40. The standard InChI is InChI=1S/C9H13F3N4S/c10-9(11,12)5-16-3-1-7(2-4-16)14-8-15-13-6-17-8/h6-7H,1-5H2,(H,14,15). The second-order valence-corrected chi connectivity index (χ2v) is 4.89. The first-order valence-corrected chi connectivity index (χ1v) is 6.23. The molecule has 0 aromatic carbocycles. The number of alkyl halides is 3. The third-order valence-corrected chi connectivity index (χ3v) is 3.30. The molecule has 1 fully saturated rings. The lowest BCUT2D eigenvalue weighted by Crippen LogP contribution is -2.43. The SMILES string of the molecule is FC(F)(F)CN1CCC(Nc2nncs2)CC1. The molecule has 0 bridgehead atoms. The van der Waals surface area contributed by atoms with Crippen molar-refractivity contribution < 1.29 is 13.2 Å². The molecule has 0 atom stereocenters. The van der Waals surface area contributed by atoms with Gasteiger partial charge in [0, 0.05) is 19.1 Å². The van der Waals surface area contributed by atoms with Crippen LogP contribution >= 0.6 is 11.3 Å². The van der Waals surface area contributed by atoms with Crippen LogP contribution in [0.4, 0.5) is 18.3 Å². The number of hydrogen-bond acceptors (Lipinski definition) is 5. The molecule has 1 aliphatic heterocycles. The lowest BCUT2D eigenvalue weighted by molar-refractivity contribution is -0.147. The highest BCUT2D eigenvalue weighted by molar-refractivity contribution is 7.13. The van der Waals surface area contributed by atoms with E-state index in [9.17, 15) is 13.2 Å². The van der Waals surface area contributed by atoms with Crippen molar-refractivity contribution in [3.8, 4) is 0 Å². The highest BCUT2D eigenvalue weighted by Crippen LogP contribution is 2.21. The predicted molar refractivity (Wildman–Crippen MR) is 59.0 cm³/mol. The Morgan fingerprint density at radius 3 is 2.65 bits per heavy atom. The molecule has 0 radical (unpaired) electrons. The maximum Gasteiger partial charge on any atom is 0.401 e. The van der Waals surface area contributed by atoms with Crippen LogP contribution in [0.1, 0.15) is 12.8 Å². The average molecular weight is 266 g/mol. The highest BCUT2D eigenvalue weighted by Gasteiger charge is 2.32. The molecule has 4 nitrogen and oxygen atoms in total. The number of nitrogens with zero attached hydrogens (tertiary/aromatic N) is 3. The molecule has 96 valence electrons. The van der Waals surface area contributed by atoms with E-state index in [-0.39, 0.29) is 6.04 Å². The molecule has 2 heterocycles. The molecule has 8 heteroatoms. The third-order valence-electron chi connectivity index (χ3n) is 2.68. The summed E-state index contributed by atoms with van der Waals surface area (Å²) in [5, 5.41) is 11.5. The van der Waals surface area contributed by atoms with E-state index < -0.39 is 12.7 Å². The zero-order valence-electron chi connectivity index (χ0n) is 9.07. The van der Waals surface area contributed by atoms with E-state index in [1.54, 1.807) is 5.51 Å². The number of likely N-dealkylation sites (tertiary alicyclic amines) is 1. The highest BCUT2D eigenvalue weighted by atomic mass is 32.1. The van der Waals surface area contributed by atoms with Gasteiger partial charge in [-0.3, -0.25) is 4.90 Å². The monoisotopic (exact) mass is 266 g/mol. The minimum absolute atomic E-state index is 0.201. The van der Waals surface area contributed by atoms with Crippen LogP contribution in [0.25, 0.3) is 0 Å². The Morgan fingerprint density at radius 1 is 1.41 bits per heavy atom. The van der Waals surface area contributed by atoms with E-state index >= 15 is 0 Å². The van der Waals surface area contributed by atoms with Gasteiger partial charge < -0.3 is 5.32 Å². The van der Waals surface area contributed by atoms with Gasteiger partial charge in [0.15, 0.2) is 0 Å². The van der Waals surface area contributed by atoms with Crippen molar-refractivity contribution >= 4 is 16.5 Å². The summed E-state index contributed by atoms with van der Waals surface area (Å²) < 4.78 is 36.5. The van der Waals surface area contributed by atoms with Gasteiger partial charge in [-0.2, -0.15) is 13.2 Å². The van der Waals surface area contributed by atoms with E-state index in [1.807, 2.05) is 0 Å². The Morgan fingerprint density at radius 2 is 2.12 bits per heavy atom. The van der Waals surface area contributed by atoms with Crippen LogP contribution in [0.5, 0.6) is 0 Å². The summed E-state index contributed by atoms with van der Waals surface area (Å²) in [5.74, 6) is 0. The molecular weight excluding hydrogens is 253 g/mol. The van der Waals surface area contributed by atoms with Gasteiger partial charge in [0.1, 0.15) is 5.51 Å². The molecule has 0 unspecified atom stereocenters. The molecule has 1 aromatic rings. The lowest BCUT2D eigenvalue weighted by atomic mass is 10.1. The van der Waals surface area contributed by atoms with Crippen LogP contribution in [-0.2, 0) is 0 Å². The minimum atomic E-state index is -4.10. The number of aromatic nitrogens is 2. The van der Waals surface area contributed by atoms with Crippen molar-refractivity contribution in [2.45, 2.75) is 25.1 Å². The van der Waals surface area contributed by atoms with Gasteiger partial charge in [-0.1, -0.05) is 11.3 Å². The number of hydrogen-bond donors (Lipinski definition) is 1. The lowest BCUT2D eigenvalue weighted by Gasteiger charge is -2.32. The first kappa shape index (κ1) is 12.6. The maximum atomic E-state index is 12.2. The Bertz CT molecular complexity index is 333. The molecule has 1 aromatic heterocycles. The zero-order valence-corrected chi connectivity index (χ0v) is 9.89. The summed E-state index contributed by atoms with van der Waals surface area (Å²) in [6.07, 6.45) is -2.69. The van der Waals surface area contributed by atoms with Gasteiger partial charge in [-0.15, -0.1) is 10.2 Å². The van der Waals surface area contributed by atoms with Crippen LogP contribution in [-0.4, -0.2) is 46.9 Å². The van der Waals surface area contributed by atoms with Crippen molar-refractivity contribution in [3.63, 3.8) is 0 Å². The molecule has 0 saturated carbocycles. The largest absolute Gasteiger partial charge is 0.401 e. The zero-order chi connectivity index (χ0) is 12.3. The second kappa shape index (κ2) is 5.18.